The summed E-state index contributed by atoms with van der Waals surface area (Å²) < 4.78 is 47.7. The van der Waals surface area contributed by atoms with Crippen molar-refractivity contribution < 1.29 is 17.5 Å². The number of hydrogen-bond acceptors (Lipinski definition) is 4. The van der Waals surface area contributed by atoms with E-state index >= 15 is 0 Å². The Morgan fingerprint density at radius 3 is 2.71 bits per heavy atom. The largest absolute Gasteiger partial charge is 0.493 e. The predicted molar refractivity (Wildman–Crippen MR) is 108 cm³/mol. The van der Waals surface area contributed by atoms with Crippen LogP contribution in [-0.4, -0.2) is 26.0 Å². The number of benzene rings is 2. The summed E-state index contributed by atoms with van der Waals surface area (Å²) in [6.07, 6.45) is 2.22. The van der Waals surface area contributed by atoms with E-state index in [1.807, 2.05) is 0 Å². The Labute approximate surface area is 169 Å². The van der Waals surface area contributed by atoms with Gasteiger partial charge in [-0.25, -0.2) is 16.8 Å². The minimum Gasteiger partial charge on any atom is -0.493 e. The van der Waals surface area contributed by atoms with Gasteiger partial charge in [0.2, 0.25) is 0 Å². The summed E-state index contributed by atoms with van der Waals surface area (Å²) in [5.41, 5.74) is 2.16. The van der Waals surface area contributed by atoms with E-state index in [1.165, 1.54) is 18.3 Å². The van der Waals surface area contributed by atoms with Gasteiger partial charge in [-0.1, -0.05) is 12.1 Å². The number of aromatic nitrogens is 1. The fraction of sp³-hybridized carbons (Fsp3) is 0.200. The van der Waals surface area contributed by atoms with Crippen molar-refractivity contribution >= 4 is 22.4 Å². The van der Waals surface area contributed by atoms with Crippen LogP contribution in [0.5, 0.6) is 5.75 Å². The lowest BCUT2D eigenvalue weighted by atomic mass is 10.1. The molecule has 0 radical (unpaired) electrons. The molecule has 28 heavy (non-hydrogen) atoms. The number of hydrogen-bond donors (Lipinski definition) is 1. The highest BCUT2D eigenvalue weighted by molar-refractivity contribution is 7.90. The summed E-state index contributed by atoms with van der Waals surface area (Å²) in [5, 5.41) is 3.00. The van der Waals surface area contributed by atoms with Crippen LogP contribution in [0.2, 0.25) is 0 Å². The Hall–Kier alpha value is -2.35. The Bertz CT molecular complexity index is 1110. The quantitative estimate of drug-likeness (QED) is 0.682. The molecule has 148 valence electrons. The van der Waals surface area contributed by atoms with Crippen molar-refractivity contribution in [2.75, 3.05) is 13.7 Å². The van der Waals surface area contributed by atoms with Gasteiger partial charge in [-0.3, -0.25) is 0 Å². The molecule has 1 aliphatic rings. The molecular formula is C20H20ClFN2O3S. The van der Waals surface area contributed by atoms with Gasteiger partial charge in [-0.15, -0.1) is 12.4 Å². The lowest BCUT2D eigenvalue weighted by Gasteiger charge is -2.12. The predicted octanol–water partition coefficient (Wildman–Crippen LogP) is 3.61. The summed E-state index contributed by atoms with van der Waals surface area (Å²) >= 11 is 0. The van der Waals surface area contributed by atoms with Crippen LogP contribution in [0.25, 0.3) is 11.3 Å². The van der Waals surface area contributed by atoms with Crippen molar-refractivity contribution in [3.8, 4) is 17.0 Å². The average molecular weight is 423 g/mol. The van der Waals surface area contributed by atoms with Crippen LogP contribution in [0.15, 0.2) is 59.6 Å². The highest BCUT2D eigenvalue weighted by Gasteiger charge is 2.25. The molecule has 0 fully saturated rings. The van der Waals surface area contributed by atoms with E-state index < -0.39 is 15.8 Å². The molecule has 0 atom stereocenters. The molecule has 1 aromatic heterocycles. The first kappa shape index (κ1) is 20.4. The third-order valence-corrected chi connectivity index (χ3v) is 6.26. The van der Waals surface area contributed by atoms with E-state index in [-0.39, 0.29) is 22.9 Å². The number of halogens is 2. The fourth-order valence-corrected chi connectivity index (χ4v) is 4.74. The van der Waals surface area contributed by atoms with Crippen LogP contribution < -0.4 is 10.1 Å². The minimum atomic E-state index is -3.89. The second kappa shape index (κ2) is 7.95. The molecular weight excluding hydrogens is 403 g/mol. The molecule has 8 heteroatoms. The molecule has 2 heterocycles. The molecule has 3 aromatic rings. The van der Waals surface area contributed by atoms with Gasteiger partial charge in [0, 0.05) is 24.7 Å². The molecule has 2 aromatic carbocycles. The normalized spacial score (nSPS) is 12.9. The Kier molecular flexibility index (Phi) is 5.79. The van der Waals surface area contributed by atoms with Gasteiger partial charge >= 0.3 is 0 Å². The third-order valence-electron chi connectivity index (χ3n) is 4.59. The number of ether oxygens (including phenoxy) is 1. The Morgan fingerprint density at radius 1 is 1.18 bits per heavy atom. The molecule has 0 saturated carbocycles. The van der Waals surface area contributed by atoms with Crippen molar-refractivity contribution in [3.63, 3.8) is 0 Å². The van der Waals surface area contributed by atoms with Crippen molar-refractivity contribution in [1.82, 2.24) is 9.29 Å². The van der Waals surface area contributed by atoms with E-state index in [0.717, 1.165) is 15.1 Å². The van der Waals surface area contributed by atoms with Crippen molar-refractivity contribution in [2.24, 2.45) is 0 Å². The SMILES string of the molecule is CNCc1cc(-c2ccccc2F)n(S(=O)(=O)c2ccc3c(c2)CCO3)c1.Cl. The van der Waals surface area contributed by atoms with Gasteiger partial charge in [-0.05, 0) is 54.6 Å². The van der Waals surface area contributed by atoms with Crippen molar-refractivity contribution in [2.45, 2.75) is 17.9 Å². The van der Waals surface area contributed by atoms with E-state index in [4.69, 9.17) is 4.74 Å². The first-order valence-electron chi connectivity index (χ1n) is 8.63. The van der Waals surface area contributed by atoms with Crippen LogP contribution >= 0.6 is 12.4 Å². The maximum atomic E-state index is 14.4. The minimum absolute atomic E-state index is 0. The number of fused-ring (bicyclic) bond motifs is 1. The van der Waals surface area contributed by atoms with Crippen molar-refractivity contribution in [1.29, 1.82) is 0 Å². The molecule has 0 saturated heterocycles. The van der Waals surface area contributed by atoms with E-state index in [2.05, 4.69) is 5.32 Å². The van der Waals surface area contributed by atoms with Crippen LogP contribution in [-0.2, 0) is 23.0 Å². The Morgan fingerprint density at radius 2 is 1.96 bits per heavy atom. The maximum Gasteiger partial charge on any atom is 0.268 e. The number of nitrogens with zero attached hydrogens (tertiary/aromatic N) is 1. The maximum absolute atomic E-state index is 14.4. The highest BCUT2D eigenvalue weighted by Crippen LogP contribution is 2.32. The fourth-order valence-electron chi connectivity index (χ4n) is 3.30. The van der Waals surface area contributed by atoms with Gasteiger partial charge < -0.3 is 10.1 Å². The third kappa shape index (κ3) is 3.53. The van der Waals surface area contributed by atoms with Gasteiger partial charge in [0.05, 0.1) is 17.2 Å². The number of rotatable bonds is 5. The summed E-state index contributed by atoms with van der Waals surface area (Å²) in [6.45, 7) is 1.02. The molecule has 0 aliphatic carbocycles. The van der Waals surface area contributed by atoms with Crippen LogP contribution in [0.4, 0.5) is 4.39 Å². The van der Waals surface area contributed by atoms with Gasteiger partial charge in [0.1, 0.15) is 11.6 Å². The van der Waals surface area contributed by atoms with E-state index in [0.29, 0.717) is 31.0 Å². The second-order valence-electron chi connectivity index (χ2n) is 6.41. The molecule has 1 aliphatic heterocycles. The zero-order valence-electron chi connectivity index (χ0n) is 15.2. The molecule has 0 bridgehead atoms. The lowest BCUT2D eigenvalue weighted by molar-refractivity contribution is 0.356. The summed E-state index contributed by atoms with van der Waals surface area (Å²) in [4.78, 5) is 0.163. The van der Waals surface area contributed by atoms with Gasteiger partial charge in [0.25, 0.3) is 10.0 Å². The van der Waals surface area contributed by atoms with E-state index in [9.17, 15) is 12.8 Å². The lowest BCUT2D eigenvalue weighted by Crippen LogP contribution is -2.14. The van der Waals surface area contributed by atoms with Gasteiger partial charge in [-0.2, -0.15) is 0 Å². The smallest absolute Gasteiger partial charge is 0.268 e. The second-order valence-corrected chi connectivity index (χ2v) is 8.23. The molecule has 0 amide bonds. The number of nitrogens with one attached hydrogen (secondary N) is 1. The topological polar surface area (TPSA) is 60.3 Å². The molecule has 0 spiro atoms. The zero-order chi connectivity index (χ0) is 19.0. The standard InChI is InChI=1S/C20H19FN2O3S.ClH/c1-22-12-14-10-19(17-4-2-3-5-18(17)21)23(13-14)27(24,25)16-6-7-20-15(11-16)8-9-26-20;/h2-7,10-11,13,22H,8-9,12H2,1H3;1H. The Balaban J connectivity index is 0.00000225. The molecule has 1 N–H and O–H groups in total. The first-order valence-corrected chi connectivity index (χ1v) is 10.1. The summed E-state index contributed by atoms with van der Waals surface area (Å²) in [5.74, 6) is 0.247. The molecule has 4 rings (SSSR count). The first-order chi connectivity index (χ1) is 13.0. The average Bonchev–Trinajstić information content (AvgIpc) is 3.29. The van der Waals surface area contributed by atoms with Crippen LogP contribution in [0.3, 0.4) is 0 Å². The zero-order valence-corrected chi connectivity index (χ0v) is 16.8. The summed E-state index contributed by atoms with van der Waals surface area (Å²) in [6, 6.07) is 12.7. The molecule has 0 unspecified atom stereocenters. The summed E-state index contributed by atoms with van der Waals surface area (Å²) in [7, 11) is -2.11. The highest BCUT2D eigenvalue weighted by atomic mass is 35.5. The monoisotopic (exact) mass is 422 g/mol. The van der Waals surface area contributed by atoms with E-state index in [1.54, 1.807) is 43.4 Å². The molecule has 5 nitrogen and oxygen atoms in total. The van der Waals surface area contributed by atoms with Gasteiger partial charge in [0.15, 0.2) is 0 Å². The van der Waals surface area contributed by atoms with Crippen LogP contribution in [0.1, 0.15) is 11.1 Å². The van der Waals surface area contributed by atoms with Crippen LogP contribution in [0, 0.1) is 5.82 Å². The van der Waals surface area contributed by atoms with Crippen molar-refractivity contribution in [3.05, 3.63) is 71.7 Å².